The molecule has 0 spiro atoms. The lowest BCUT2D eigenvalue weighted by Crippen LogP contribution is -2.20. The molecule has 1 rings (SSSR count). The maximum atomic E-state index is 10.0. The molecule has 0 unspecified atom stereocenters. The minimum Gasteiger partial charge on any atom is -0.211 e. The van der Waals surface area contributed by atoms with Gasteiger partial charge in [-0.15, -0.1) is 0 Å². The topological polar surface area (TPSA) is 58.9 Å². The highest BCUT2D eigenvalue weighted by molar-refractivity contribution is 5.42. The predicted octanol–water partition coefficient (Wildman–Crippen LogP) is 0.870. The third-order valence-electron chi connectivity index (χ3n) is 1.51. The Morgan fingerprint density at radius 2 is 1.83 bits per heavy atom. The summed E-state index contributed by atoms with van der Waals surface area (Å²) >= 11 is 0. The van der Waals surface area contributed by atoms with E-state index in [-0.39, 0.29) is 0 Å². The van der Waals surface area contributed by atoms with Crippen molar-refractivity contribution in [3.63, 3.8) is 0 Å². The van der Waals surface area contributed by atoms with Crippen LogP contribution in [0.25, 0.3) is 0 Å². The number of hydrogen-bond acceptors (Lipinski definition) is 4. The summed E-state index contributed by atoms with van der Waals surface area (Å²) in [6.45, 7) is 0. The molecule has 0 saturated heterocycles. The van der Waals surface area contributed by atoms with Gasteiger partial charge in [0.1, 0.15) is 0 Å². The largest absolute Gasteiger partial charge is 0.237 e. The molecule has 0 aromatic heterocycles. The average molecular weight is 162 g/mol. The molecule has 0 heterocycles. The van der Waals surface area contributed by atoms with E-state index in [4.69, 9.17) is 0 Å². The van der Waals surface area contributed by atoms with Gasteiger partial charge in [0, 0.05) is 6.42 Å². The van der Waals surface area contributed by atoms with E-state index in [0.717, 1.165) is 0 Å². The summed E-state index contributed by atoms with van der Waals surface area (Å²) in [5.41, 5.74) is -1.09. The monoisotopic (exact) mass is 162 g/mol. The van der Waals surface area contributed by atoms with Crippen LogP contribution in [0.1, 0.15) is 6.42 Å². The molecule has 4 heteroatoms. The van der Waals surface area contributed by atoms with Crippen molar-refractivity contribution in [3.8, 4) is 0 Å². The molecule has 0 bridgehead atoms. The standard InChI is InChI=1S/C8H6N2O2/c11-6-9-8(10-7-12)4-2-1-3-5-8/h1-4H,5H2. The van der Waals surface area contributed by atoms with Crippen LogP contribution in [0.2, 0.25) is 0 Å². The van der Waals surface area contributed by atoms with Crippen molar-refractivity contribution in [1.82, 2.24) is 0 Å². The molecule has 0 fully saturated rings. The summed E-state index contributed by atoms with van der Waals surface area (Å²) in [5.74, 6) is 0. The van der Waals surface area contributed by atoms with Crippen LogP contribution >= 0.6 is 0 Å². The third kappa shape index (κ3) is 1.64. The first kappa shape index (κ1) is 8.34. The van der Waals surface area contributed by atoms with Gasteiger partial charge in [-0.25, -0.2) is 9.59 Å². The first-order chi connectivity index (χ1) is 5.83. The summed E-state index contributed by atoms with van der Waals surface area (Å²) in [6, 6.07) is 0. The SMILES string of the molecule is O=C=NC1(N=C=O)C=CC=CC1. The maximum Gasteiger partial charge on any atom is 0.237 e. The lowest BCUT2D eigenvalue weighted by Gasteiger charge is -2.16. The average Bonchev–Trinajstić information content (AvgIpc) is 2.07. The van der Waals surface area contributed by atoms with Crippen molar-refractivity contribution in [2.45, 2.75) is 12.1 Å². The normalized spacial score (nSPS) is 25.7. The molecule has 0 aliphatic heterocycles. The summed E-state index contributed by atoms with van der Waals surface area (Å²) in [6.07, 6.45) is 9.94. The Balaban J connectivity index is 3.02. The number of isocyanates is 2. The van der Waals surface area contributed by atoms with Gasteiger partial charge < -0.3 is 0 Å². The molecule has 1 aliphatic rings. The quantitative estimate of drug-likeness (QED) is 0.446. The molecule has 12 heavy (non-hydrogen) atoms. The molecule has 0 saturated carbocycles. The Hall–Kier alpha value is -1.76. The van der Waals surface area contributed by atoms with E-state index >= 15 is 0 Å². The molecule has 60 valence electrons. The van der Waals surface area contributed by atoms with Crippen molar-refractivity contribution in [1.29, 1.82) is 0 Å². The van der Waals surface area contributed by atoms with Gasteiger partial charge in [0.15, 0.2) is 5.66 Å². The van der Waals surface area contributed by atoms with E-state index in [0.29, 0.717) is 6.42 Å². The molecule has 1 aliphatic carbocycles. The van der Waals surface area contributed by atoms with Gasteiger partial charge in [0.25, 0.3) is 0 Å². The Morgan fingerprint density at radius 3 is 2.25 bits per heavy atom. The van der Waals surface area contributed by atoms with E-state index in [1.54, 1.807) is 24.3 Å². The van der Waals surface area contributed by atoms with Crippen molar-refractivity contribution >= 4 is 12.2 Å². The molecule has 0 aromatic rings. The lowest BCUT2D eigenvalue weighted by atomic mass is 10.0. The second kappa shape index (κ2) is 3.58. The van der Waals surface area contributed by atoms with Crippen LogP contribution < -0.4 is 0 Å². The van der Waals surface area contributed by atoms with Gasteiger partial charge in [0.2, 0.25) is 12.2 Å². The Kier molecular flexibility index (Phi) is 2.49. The number of carbonyl (C=O) groups excluding carboxylic acids is 2. The maximum absolute atomic E-state index is 10.0. The molecular weight excluding hydrogens is 156 g/mol. The van der Waals surface area contributed by atoms with E-state index in [9.17, 15) is 9.59 Å². The number of aliphatic imine (C=N–C) groups is 2. The Labute approximate surface area is 69.0 Å². The zero-order chi connectivity index (χ0) is 8.86. The zero-order valence-corrected chi connectivity index (χ0v) is 6.23. The molecule has 0 radical (unpaired) electrons. The van der Waals surface area contributed by atoms with E-state index in [1.807, 2.05) is 0 Å². The van der Waals surface area contributed by atoms with Gasteiger partial charge in [-0.2, -0.15) is 9.98 Å². The van der Waals surface area contributed by atoms with Crippen molar-refractivity contribution in [3.05, 3.63) is 24.3 Å². The Bertz CT molecular complexity index is 300. The summed E-state index contributed by atoms with van der Waals surface area (Å²) in [4.78, 5) is 26.9. The summed E-state index contributed by atoms with van der Waals surface area (Å²) in [7, 11) is 0. The van der Waals surface area contributed by atoms with Crippen LogP contribution in [-0.2, 0) is 9.59 Å². The molecule has 0 N–H and O–H groups in total. The van der Waals surface area contributed by atoms with Crippen LogP contribution in [0.5, 0.6) is 0 Å². The molecule has 0 aromatic carbocycles. The molecule has 0 amide bonds. The van der Waals surface area contributed by atoms with Crippen LogP contribution in [0.4, 0.5) is 0 Å². The van der Waals surface area contributed by atoms with E-state index < -0.39 is 5.66 Å². The second-order valence-electron chi connectivity index (χ2n) is 2.28. The van der Waals surface area contributed by atoms with E-state index in [2.05, 4.69) is 9.98 Å². The van der Waals surface area contributed by atoms with Crippen molar-refractivity contribution in [2.24, 2.45) is 9.98 Å². The van der Waals surface area contributed by atoms with Gasteiger partial charge in [0.05, 0.1) is 0 Å². The fraction of sp³-hybridized carbons (Fsp3) is 0.250. The summed E-state index contributed by atoms with van der Waals surface area (Å²) < 4.78 is 0. The first-order valence-electron chi connectivity index (χ1n) is 3.35. The number of allylic oxidation sites excluding steroid dienone is 2. The third-order valence-corrected chi connectivity index (χ3v) is 1.51. The van der Waals surface area contributed by atoms with Crippen LogP contribution in [-0.4, -0.2) is 17.8 Å². The minimum atomic E-state index is -1.09. The number of hydrogen-bond donors (Lipinski definition) is 0. The Morgan fingerprint density at radius 1 is 1.17 bits per heavy atom. The van der Waals surface area contributed by atoms with Crippen LogP contribution in [0.3, 0.4) is 0 Å². The van der Waals surface area contributed by atoms with E-state index in [1.165, 1.54) is 12.2 Å². The molecule has 0 atom stereocenters. The van der Waals surface area contributed by atoms with Crippen LogP contribution in [0.15, 0.2) is 34.3 Å². The summed E-state index contributed by atoms with van der Waals surface area (Å²) in [5, 5.41) is 0. The van der Waals surface area contributed by atoms with Gasteiger partial charge in [-0.1, -0.05) is 18.2 Å². The fourth-order valence-corrected chi connectivity index (χ4v) is 0.947. The van der Waals surface area contributed by atoms with Gasteiger partial charge in [-0.05, 0) is 6.08 Å². The molecule has 4 nitrogen and oxygen atoms in total. The van der Waals surface area contributed by atoms with Crippen molar-refractivity contribution in [2.75, 3.05) is 0 Å². The zero-order valence-electron chi connectivity index (χ0n) is 6.23. The van der Waals surface area contributed by atoms with Gasteiger partial charge >= 0.3 is 0 Å². The van der Waals surface area contributed by atoms with Crippen LogP contribution in [0, 0.1) is 0 Å². The highest BCUT2D eigenvalue weighted by Crippen LogP contribution is 2.22. The fourth-order valence-electron chi connectivity index (χ4n) is 0.947. The highest BCUT2D eigenvalue weighted by atomic mass is 16.1. The number of nitrogens with zero attached hydrogens (tertiary/aromatic N) is 2. The smallest absolute Gasteiger partial charge is 0.211 e. The molecular formula is C8H6N2O2. The lowest BCUT2D eigenvalue weighted by molar-refractivity contribution is 0.514. The minimum absolute atomic E-state index is 0.397. The van der Waals surface area contributed by atoms with Crippen molar-refractivity contribution < 1.29 is 9.59 Å². The predicted molar refractivity (Wildman–Crippen MR) is 41.9 cm³/mol. The number of rotatable bonds is 2. The highest BCUT2D eigenvalue weighted by Gasteiger charge is 2.25. The second-order valence-corrected chi connectivity index (χ2v) is 2.28. The first-order valence-corrected chi connectivity index (χ1v) is 3.35. The van der Waals surface area contributed by atoms with Gasteiger partial charge in [-0.3, -0.25) is 0 Å².